The van der Waals surface area contributed by atoms with Gasteiger partial charge in [0.2, 0.25) is 5.82 Å². The summed E-state index contributed by atoms with van der Waals surface area (Å²) in [5.41, 5.74) is 10.0. The van der Waals surface area contributed by atoms with Crippen LogP contribution < -0.4 is 10.5 Å². The zero-order valence-corrected chi connectivity index (χ0v) is 18.1. The van der Waals surface area contributed by atoms with E-state index in [1.807, 2.05) is 49.4 Å². The number of nitrogen functional groups attached to an aromatic ring is 1. The molecule has 0 radical (unpaired) electrons. The molecule has 0 amide bonds. The minimum atomic E-state index is 0.254. The molecule has 0 saturated carbocycles. The molecule has 0 bridgehead atoms. The molecule has 0 spiro atoms. The number of nitrogens with two attached hydrogens (primary N) is 1. The fourth-order valence-corrected chi connectivity index (χ4v) is 3.89. The van der Waals surface area contributed by atoms with Crippen LogP contribution in [0.15, 0.2) is 59.1 Å². The van der Waals surface area contributed by atoms with Crippen LogP contribution in [0.2, 0.25) is 15.1 Å². The van der Waals surface area contributed by atoms with Crippen molar-refractivity contribution in [2.45, 2.75) is 13.5 Å². The zero-order chi connectivity index (χ0) is 21.3. The van der Waals surface area contributed by atoms with Gasteiger partial charge in [-0.2, -0.15) is 4.98 Å². The van der Waals surface area contributed by atoms with Crippen molar-refractivity contribution in [3.8, 4) is 28.6 Å². The Balaban J connectivity index is 1.56. The Morgan fingerprint density at radius 2 is 1.73 bits per heavy atom. The molecule has 1 heterocycles. The second kappa shape index (κ2) is 8.56. The Bertz CT molecular complexity index is 1200. The second-order valence-electron chi connectivity index (χ2n) is 6.63. The third-order valence-corrected chi connectivity index (χ3v) is 5.34. The van der Waals surface area contributed by atoms with E-state index in [0.717, 1.165) is 22.3 Å². The van der Waals surface area contributed by atoms with Crippen molar-refractivity contribution in [1.82, 2.24) is 10.1 Å². The maximum Gasteiger partial charge on any atom is 0.258 e. The predicted molar refractivity (Wildman–Crippen MR) is 120 cm³/mol. The van der Waals surface area contributed by atoms with E-state index < -0.39 is 0 Å². The molecule has 4 aromatic rings. The number of hydrogen-bond donors (Lipinski definition) is 1. The van der Waals surface area contributed by atoms with Crippen molar-refractivity contribution >= 4 is 40.5 Å². The van der Waals surface area contributed by atoms with Crippen LogP contribution in [-0.2, 0) is 6.61 Å². The third kappa shape index (κ3) is 4.24. The lowest BCUT2D eigenvalue weighted by atomic mass is 10.1. The number of nitrogens with zero attached hydrogens (tertiary/aromatic N) is 2. The van der Waals surface area contributed by atoms with E-state index in [-0.39, 0.29) is 6.61 Å². The van der Waals surface area contributed by atoms with Crippen LogP contribution >= 0.6 is 34.8 Å². The lowest BCUT2D eigenvalue weighted by Crippen LogP contribution is -1.97. The minimum absolute atomic E-state index is 0.254. The zero-order valence-electron chi connectivity index (χ0n) is 15.8. The number of rotatable bonds is 5. The average molecular weight is 461 g/mol. The van der Waals surface area contributed by atoms with Gasteiger partial charge >= 0.3 is 0 Å². The van der Waals surface area contributed by atoms with Crippen LogP contribution in [0.3, 0.4) is 0 Å². The molecule has 0 saturated heterocycles. The van der Waals surface area contributed by atoms with Crippen LogP contribution in [0.1, 0.15) is 11.1 Å². The quantitative estimate of drug-likeness (QED) is 0.330. The molecule has 30 heavy (non-hydrogen) atoms. The van der Waals surface area contributed by atoms with Gasteiger partial charge in [-0.1, -0.05) is 64.2 Å². The van der Waals surface area contributed by atoms with Gasteiger partial charge in [0.05, 0.1) is 10.0 Å². The van der Waals surface area contributed by atoms with Crippen LogP contribution in [0, 0.1) is 6.92 Å². The van der Waals surface area contributed by atoms with Crippen LogP contribution in [0.25, 0.3) is 22.8 Å². The summed E-state index contributed by atoms with van der Waals surface area (Å²) in [5.74, 6) is 1.26. The number of halogens is 3. The van der Waals surface area contributed by atoms with Crippen molar-refractivity contribution in [1.29, 1.82) is 0 Å². The maximum atomic E-state index is 6.18. The summed E-state index contributed by atoms with van der Waals surface area (Å²) in [6, 6.07) is 16.4. The van der Waals surface area contributed by atoms with Crippen molar-refractivity contribution in [3.63, 3.8) is 0 Å². The van der Waals surface area contributed by atoms with Gasteiger partial charge in [0.1, 0.15) is 6.61 Å². The number of aromatic nitrogens is 2. The van der Waals surface area contributed by atoms with E-state index in [1.165, 1.54) is 0 Å². The number of benzene rings is 3. The van der Waals surface area contributed by atoms with Gasteiger partial charge in [-0.05, 0) is 48.4 Å². The maximum absolute atomic E-state index is 6.18. The summed E-state index contributed by atoms with van der Waals surface area (Å²) >= 11 is 18.3. The standard InChI is InChI=1S/C22H16Cl3N3O2/c1-12-16(6-3-7-19(12)26)21-27-22(30-28-21)14-5-2-4-13(8-14)11-29-20-17(24)9-15(23)10-18(20)25/h2-10H,11,26H2,1H3. The molecule has 0 unspecified atom stereocenters. The highest BCUT2D eigenvalue weighted by molar-refractivity contribution is 6.40. The molecule has 8 heteroatoms. The van der Waals surface area contributed by atoms with Crippen molar-refractivity contribution in [3.05, 3.63) is 80.8 Å². The Hall–Kier alpha value is -2.73. The van der Waals surface area contributed by atoms with Gasteiger partial charge in [0, 0.05) is 21.8 Å². The fourth-order valence-electron chi connectivity index (χ4n) is 2.96. The largest absolute Gasteiger partial charge is 0.486 e. The van der Waals surface area contributed by atoms with Gasteiger partial charge in [0.25, 0.3) is 5.89 Å². The predicted octanol–water partition coefficient (Wildman–Crippen LogP) is 6.83. The lowest BCUT2D eigenvalue weighted by molar-refractivity contribution is 0.306. The molecule has 5 nitrogen and oxygen atoms in total. The molecular weight excluding hydrogens is 445 g/mol. The van der Waals surface area contributed by atoms with Gasteiger partial charge in [-0.25, -0.2) is 0 Å². The topological polar surface area (TPSA) is 74.2 Å². The Morgan fingerprint density at radius 3 is 2.50 bits per heavy atom. The molecule has 0 atom stereocenters. The van der Waals surface area contributed by atoms with E-state index in [9.17, 15) is 0 Å². The summed E-state index contributed by atoms with van der Waals surface area (Å²) in [6.45, 7) is 2.18. The molecular formula is C22H16Cl3N3O2. The highest BCUT2D eigenvalue weighted by Crippen LogP contribution is 2.36. The Labute approximate surface area is 188 Å². The van der Waals surface area contributed by atoms with E-state index in [1.54, 1.807) is 12.1 Å². The first-order chi connectivity index (χ1) is 14.4. The molecule has 152 valence electrons. The molecule has 0 aliphatic rings. The molecule has 0 fully saturated rings. The Morgan fingerprint density at radius 1 is 1.00 bits per heavy atom. The van der Waals surface area contributed by atoms with Crippen LogP contribution in [0.4, 0.5) is 5.69 Å². The summed E-state index contributed by atoms with van der Waals surface area (Å²) in [4.78, 5) is 4.52. The first-order valence-electron chi connectivity index (χ1n) is 8.98. The summed E-state index contributed by atoms with van der Waals surface area (Å²) < 4.78 is 11.3. The van der Waals surface area contributed by atoms with Gasteiger partial charge < -0.3 is 15.0 Å². The highest BCUT2D eigenvalue weighted by Gasteiger charge is 2.14. The monoisotopic (exact) mass is 459 g/mol. The van der Waals surface area contributed by atoms with Crippen molar-refractivity contribution in [2.75, 3.05) is 5.73 Å². The van der Waals surface area contributed by atoms with Crippen molar-refractivity contribution in [2.24, 2.45) is 0 Å². The smallest absolute Gasteiger partial charge is 0.258 e. The van der Waals surface area contributed by atoms with Crippen LogP contribution in [-0.4, -0.2) is 10.1 Å². The molecule has 0 aliphatic carbocycles. The molecule has 0 aliphatic heterocycles. The highest BCUT2D eigenvalue weighted by atomic mass is 35.5. The van der Waals surface area contributed by atoms with Gasteiger partial charge in [-0.15, -0.1) is 0 Å². The van der Waals surface area contributed by atoms with Gasteiger partial charge in [-0.3, -0.25) is 0 Å². The Kier molecular flexibility index (Phi) is 5.86. The van der Waals surface area contributed by atoms with E-state index in [4.69, 9.17) is 49.8 Å². The molecule has 3 aromatic carbocycles. The lowest BCUT2D eigenvalue weighted by Gasteiger charge is -2.10. The number of anilines is 1. The molecule has 4 rings (SSSR count). The van der Waals surface area contributed by atoms with E-state index in [2.05, 4.69) is 10.1 Å². The first-order valence-corrected chi connectivity index (χ1v) is 10.1. The fraction of sp³-hybridized carbons (Fsp3) is 0.0909. The van der Waals surface area contributed by atoms with Crippen molar-refractivity contribution < 1.29 is 9.26 Å². The normalized spacial score (nSPS) is 10.9. The average Bonchev–Trinajstić information content (AvgIpc) is 3.19. The summed E-state index contributed by atoms with van der Waals surface area (Å²) in [6.07, 6.45) is 0. The first kappa shape index (κ1) is 20.5. The second-order valence-corrected chi connectivity index (χ2v) is 7.88. The minimum Gasteiger partial charge on any atom is -0.486 e. The third-order valence-electron chi connectivity index (χ3n) is 4.56. The molecule has 1 aromatic heterocycles. The summed E-state index contributed by atoms with van der Waals surface area (Å²) in [5, 5.41) is 5.24. The molecule has 2 N–H and O–H groups in total. The van der Waals surface area contributed by atoms with Crippen LogP contribution in [0.5, 0.6) is 5.75 Å². The van der Waals surface area contributed by atoms with E-state index >= 15 is 0 Å². The number of ether oxygens (including phenoxy) is 1. The van der Waals surface area contributed by atoms with E-state index in [0.29, 0.717) is 38.2 Å². The summed E-state index contributed by atoms with van der Waals surface area (Å²) in [7, 11) is 0. The van der Waals surface area contributed by atoms with Gasteiger partial charge in [0.15, 0.2) is 5.75 Å². The number of hydrogen-bond acceptors (Lipinski definition) is 5. The SMILES string of the molecule is Cc1c(N)cccc1-c1noc(-c2cccc(COc3c(Cl)cc(Cl)cc3Cl)c2)n1.